The number of aliphatic hydroxyl groups is 1. The SMILES string of the molecule is Cc1cccc(CSc2ccc([C@H](C)O)cc2Cl)c1. The van der Waals surface area contributed by atoms with E-state index in [0.717, 1.165) is 16.2 Å². The molecule has 0 amide bonds. The molecule has 0 aliphatic carbocycles. The van der Waals surface area contributed by atoms with Crippen LogP contribution in [0, 0.1) is 6.92 Å². The van der Waals surface area contributed by atoms with Gasteiger partial charge in [-0.05, 0) is 37.1 Å². The van der Waals surface area contributed by atoms with E-state index < -0.39 is 6.10 Å². The molecule has 0 spiro atoms. The second-order valence-electron chi connectivity index (χ2n) is 4.64. The maximum atomic E-state index is 9.51. The molecular formula is C16H17ClOS. The van der Waals surface area contributed by atoms with E-state index in [2.05, 4.69) is 31.2 Å². The summed E-state index contributed by atoms with van der Waals surface area (Å²) in [7, 11) is 0. The third-order valence-electron chi connectivity index (χ3n) is 2.92. The lowest BCUT2D eigenvalue weighted by Gasteiger charge is -2.09. The Kier molecular flexibility index (Phi) is 4.92. The molecule has 1 nitrogen and oxygen atoms in total. The third-order valence-corrected chi connectivity index (χ3v) is 4.48. The predicted octanol–water partition coefficient (Wildman–Crippen LogP) is 4.99. The summed E-state index contributed by atoms with van der Waals surface area (Å²) in [6, 6.07) is 14.2. The van der Waals surface area contributed by atoms with Crippen molar-refractivity contribution in [1.29, 1.82) is 0 Å². The first-order valence-corrected chi connectivity index (χ1v) is 7.58. The summed E-state index contributed by atoms with van der Waals surface area (Å²) in [5.74, 6) is 0.898. The van der Waals surface area contributed by atoms with E-state index in [0.29, 0.717) is 5.02 Å². The number of aliphatic hydroxyl groups excluding tert-OH is 1. The van der Waals surface area contributed by atoms with Crippen LogP contribution in [-0.4, -0.2) is 5.11 Å². The monoisotopic (exact) mass is 292 g/mol. The number of rotatable bonds is 4. The first kappa shape index (κ1) is 14.4. The molecule has 2 rings (SSSR count). The standard InChI is InChI=1S/C16H17ClOS/c1-11-4-3-5-13(8-11)10-19-16-7-6-14(12(2)18)9-15(16)17/h3-9,12,18H,10H2,1-2H3/t12-/m0/s1. The van der Waals surface area contributed by atoms with Crippen molar-refractivity contribution in [2.24, 2.45) is 0 Å². The molecule has 0 saturated heterocycles. The van der Waals surface area contributed by atoms with Crippen LogP contribution in [0.15, 0.2) is 47.4 Å². The Balaban J connectivity index is 2.07. The van der Waals surface area contributed by atoms with Crippen molar-refractivity contribution in [3.05, 3.63) is 64.2 Å². The van der Waals surface area contributed by atoms with Gasteiger partial charge in [0, 0.05) is 10.6 Å². The number of thioether (sulfide) groups is 1. The Labute approximate surface area is 123 Å². The van der Waals surface area contributed by atoms with Crippen molar-refractivity contribution >= 4 is 23.4 Å². The van der Waals surface area contributed by atoms with Crippen molar-refractivity contribution in [3.63, 3.8) is 0 Å². The van der Waals surface area contributed by atoms with Crippen molar-refractivity contribution in [2.45, 2.75) is 30.6 Å². The zero-order valence-corrected chi connectivity index (χ0v) is 12.6. The normalized spacial score (nSPS) is 12.4. The Morgan fingerprint density at radius 2 is 2.00 bits per heavy atom. The lowest BCUT2D eigenvalue weighted by atomic mass is 10.1. The van der Waals surface area contributed by atoms with Crippen molar-refractivity contribution in [3.8, 4) is 0 Å². The van der Waals surface area contributed by atoms with Crippen LogP contribution in [0.2, 0.25) is 5.02 Å². The fourth-order valence-corrected chi connectivity index (χ4v) is 3.07. The summed E-state index contributed by atoms with van der Waals surface area (Å²) in [6.07, 6.45) is -0.478. The molecule has 3 heteroatoms. The van der Waals surface area contributed by atoms with E-state index in [4.69, 9.17) is 11.6 Å². The van der Waals surface area contributed by atoms with Crippen LogP contribution in [0.4, 0.5) is 0 Å². The van der Waals surface area contributed by atoms with Gasteiger partial charge in [-0.3, -0.25) is 0 Å². The van der Waals surface area contributed by atoms with Crippen molar-refractivity contribution in [2.75, 3.05) is 0 Å². The molecule has 0 unspecified atom stereocenters. The summed E-state index contributed by atoms with van der Waals surface area (Å²) in [6.45, 7) is 3.84. The lowest BCUT2D eigenvalue weighted by molar-refractivity contribution is 0.199. The van der Waals surface area contributed by atoms with Crippen LogP contribution >= 0.6 is 23.4 Å². The van der Waals surface area contributed by atoms with Crippen molar-refractivity contribution < 1.29 is 5.11 Å². The van der Waals surface area contributed by atoms with Crippen LogP contribution in [0.25, 0.3) is 0 Å². The number of benzene rings is 2. The van der Waals surface area contributed by atoms with E-state index in [1.807, 2.05) is 18.2 Å². The number of hydrogen-bond donors (Lipinski definition) is 1. The van der Waals surface area contributed by atoms with Crippen LogP contribution < -0.4 is 0 Å². The molecule has 1 N–H and O–H groups in total. The fraction of sp³-hybridized carbons (Fsp3) is 0.250. The highest BCUT2D eigenvalue weighted by atomic mass is 35.5. The van der Waals surface area contributed by atoms with Gasteiger partial charge < -0.3 is 5.11 Å². The van der Waals surface area contributed by atoms with E-state index in [9.17, 15) is 5.11 Å². The second kappa shape index (κ2) is 6.47. The van der Waals surface area contributed by atoms with Gasteiger partial charge in [0.15, 0.2) is 0 Å². The minimum atomic E-state index is -0.478. The van der Waals surface area contributed by atoms with Gasteiger partial charge in [-0.2, -0.15) is 0 Å². The molecule has 0 heterocycles. The van der Waals surface area contributed by atoms with Gasteiger partial charge in [-0.15, -0.1) is 11.8 Å². The van der Waals surface area contributed by atoms with Gasteiger partial charge in [-0.1, -0.05) is 47.5 Å². The van der Waals surface area contributed by atoms with Crippen LogP contribution in [0.1, 0.15) is 29.7 Å². The average molecular weight is 293 g/mol. The average Bonchev–Trinajstić information content (AvgIpc) is 2.37. The molecule has 0 fully saturated rings. The largest absolute Gasteiger partial charge is 0.389 e. The van der Waals surface area contributed by atoms with Crippen LogP contribution in [0.3, 0.4) is 0 Å². The van der Waals surface area contributed by atoms with Crippen LogP contribution in [-0.2, 0) is 5.75 Å². The van der Waals surface area contributed by atoms with Gasteiger partial charge in [0.2, 0.25) is 0 Å². The van der Waals surface area contributed by atoms with E-state index >= 15 is 0 Å². The fourth-order valence-electron chi connectivity index (χ4n) is 1.86. The number of aryl methyl sites for hydroxylation is 1. The second-order valence-corrected chi connectivity index (χ2v) is 6.07. The molecule has 0 saturated carbocycles. The summed E-state index contributed by atoms with van der Waals surface area (Å²) in [5.41, 5.74) is 3.42. The first-order chi connectivity index (χ1) is 9.06. The Morgan fingerprint density at radius 3 is 2.63 bits per heavy atom. The lowest BCUT2D eigenvalue weighted by Crippen LogP contribution is -1.91. The summed E-state index contributed by atoms with van der Waals surface area (Å²) >= 11 is 7.95. The van der Waals surface area contributed by atoms with Gasteiger partial charge in [-0.25, -0.2) is 0 Å². The summed E-state index contributed by atoms with van der Waals surface area (Å²) in [5, 5.41) is 10.2. The van der Waals surface area contributed by atoms with Gasteiger partial charge in [0.25, 0.3) is 0 Å². The highest BCUT2D eigenvalue weighted by Gasteiger charge is 2.06. The molecule has 2 aromatic rings. The van der Waals surface area contributed by atoms with Gasteiger partial charge >= 0.3 is 0 Å². The molecule has 0 aliphatic rings. The van der Waals surface area contributed by atoms with E-state index in [-0.39, 0.29) is 0 Å². The van der Waals surface area contributed by atoms with Gasteiger partial charge in [0.1, 0.15) is 0 Å². The predicted molar refractivity (Wildman–Crippen MR) is 82.8 cm³/mol. The molecule has 1 atom stereocenters. The zero-order valence-electron chi connectivity index (χ0n) is 11.1. The Hall–Kier alpha value is -0.960. The molecule has 100 valence electrons. The maximum absolute atomic E-state index is 9.51. The van der Waals surface area contributed by atoms with Crippen LogP contribution in [0.5, 0.6) is 0 Å². The molecule has 0 bridgehead atoms. The smallest absolute Gasteiger partial charge is 0.0762 e. The molecule has 0 aromatic heterocycles. The molecule has 0 aliphatic heterocycles. The topological polar surface area (TPSA) is 20.2 Å². The van der Waals surface area contributed by atoms with E-state index in [1.54, 1.807) is 18.7 Å². The molecule has 19 heavy (non-hydrogen) atoms. The number of halogens is 1. The zero-order chi connectivity index (χ0) is 13.8. The third kappa shape index (κ3) is 4.00. The van der Waals surface area contributed by atoms with Crippen molar-refractivity contribution in [1.82, 2.24) is 0 Å². The highest BCUT2D eigenvalue weighted by Crippen LogP contribution is 2.31. The molecular weight excluding hydrogens is 276 g/mol. The Bertz CT molecular complexity index is 566. The molecule has 2 aromatic carbocycles. The summed E-state index contributed by atoms with van der Waals surface area (Å²) < 4.78 is 0. The minimum absolute atomic E-state index is 0.478. The molecule has 0 radical (unpaired) electrons. The Morgan fingerprint density at radius 1 is 1.21 bits per heavy atom. The summed E-state index contributed by atoms with van der Waals surface area (Å²) in [4.78, 5) is 1.05. The highest BCUT2D eigenvalue weighted by molar-refractivity contribution is 7.98. The first-order valence-electron chi connectivity index (χ1n) is 6.22. The maximum Gasteiger partial charge on any atom is 0.0762 e. The van der Waals surface area contributed by atoms with E-state index in [1.165, 1.54) is 11.1 Å². The quantitative estimate of drug-likeness (QED) is 0.801. The van der Waals surface area contributed by atoms with Gasteiger partial charge in [0.05, 0.1) is 11.1 Å². The number of hydrogen-bond acceptors (Lipinski definition) is 2. The minimum Gasteiger partial charge on any atom is -0.389 e.